The number of piperidine rings is 1. The molecule has 1 heterocycles. The van der Waals surface area contributed by atoms with Crippen LogP contribution in [0.1, 0.15) is 23.2 Å². The van der Waals surface area contributed by atoms with Crippen LogP contribution in [-0.2, 0) is 0 Å². The smallest absolute Gasteiger partial charge is 0.254 e. The summed E-state index contributed by atoms with van der Waals surface area (Å²) in [5, 5.41) is 1.15. The van der Waals surface area contributed by atoms with Gasteiger partial charge in [-0.15, -0.1) is 0 Å². The number of amides is 1. The first kappa shape index (κ1) is 13.1. The van der Waals surface area contributed by atoms with Crippen LogP contribution in [0.4, 0.5) is 4.39 Å². The monoisotopic (exact) mass is 272 g/mol. The van der Waals surface area contributed by atoms with Crippen molar-refractivity contribution in [1.82, 2.24) is 4.90 Å². The molecule has 104 valence electrons. The van der Waals surface area contributed by atoms with E-state index in [0.717, 1.165) is 19.4 Å². The molecule has 3 nitrogen and oxygen atoms in total. The molecule has 2 N–H and O–H groups in total. The predicted octanol–water partition coefficient (Wildman–Crippen LogP) is 2.54. The van der Waals surface area contributed by atoms with Crippen LogP contribution in [0.2, 0.25) is 0 Å². The second-order valence-electron chi connectivity index (χ2n) is 5.29. The lowest BCUT2D eigenvalue weighted by molar-refractivity contribution is 0.0711. The average Bonchev–Trinajstić information content (AvgIpc) is 2.47. The number of nitrogens with two attached hydrogens (primary N) is 1. The maximum absolute atomic E-state index is 13.8. The summed E-state index contributed by atoms with van der Waals surface area (Å²) in [5.41, 5.74) is 6.48. The zero-order chi connectivity index (χ0) is 14.1. The lowest BCUT2D eigenvalue weighted by atomic mass is 10.0. The van der Waals surface area contributed by atoms with E-state index in [2.05, 4.69) is 0 Å². The van der Waals surface area contributed by atoms with E-state index in [1.54, 1.807) is 29.2 Å². The SMILES string of the molecule is NC1CCCN(C(=O)c2ccc(F)c3ccccc23)C1. The van der Waals surface area contributed by atoms with Gasteiger partial charge in [0, 0.05) is 30.1 Å². The minimum atomic E-state index is -0.299. The van der Waals surface area contributed by atoms with Crippen molar-refractivity contribution in [3.63, 3.8) is 0 Å². The number of fused-ring (bicyclic) bond motifs is 1. The van der Waals surface area contributed by atoms with E-state index < -0.39 is 0 Å². The van der Waals surface area contributed by atoms with Gasteiger partial charge in [-0.25, -0.2) is 4.39 Å². The molecule has 2 aromatic rings. The van der Waals surface area contributed by atoms with Gasteiger partial charge in [-0.3, -0.25) is 4.79 Å². The lowest BCUT2D eigenvalue weighted by Crippen LogP contribution is -2.45. The Hall–Kier alpha value is -1.94. The van der Waals surface area contributed by atoms with E-state index in [9.17, 15) is 9.18 Å². The zero-order valence-corrected chi connectivity index (χ0v) is 11.2. The summed E-state index contributed by atoms with van der Waals surface area (Å²) >= 11 is 0. The van der Waals surface area contributed by atoms with E-state index >= 15 is 0 Å². The van der Waals surface area contributed by atoms with Crippen LogP contribution in [0, 0.1) is 5.82 Å². The number of hydrogen-bond donors (Lipinski definition) is 1. The maximum Gasteiger partial charge on any atom is 0.254 e. The Morgan fingerprint density at radius 1 is 1.20 bits per heavy atom. The molecule has 0 bridgehead atoms. The molecular formula is C16H17FN2O. The number of halogens is 1. The first-order chi connectivity index (χ1) is 9.66. The quantitative estimate of drug-likeness (QED) is 0.867. The highest BCUT2D eigenvalue weighted by Crippen LogP contribution is 2.24. The van der Waals surface area contributed by atoms with Gasteiger partial charge in [-0.2, -0.15) is 0 Å². The van der Waals surface area contributed by atoms with E-state index in [1.165, 1.54) is 6.07 Å². The van der Waals surface area contributed by atoms with Gasteiger partial charge in [0.1, 0.15) is 5.82 Å². The van der Waals surface area contributed by atoms with Crippen molar-refractivity contribution >= 4 is 16.7 Å². The molecule has 2 aromatic carbocycles. The van der Waals surface area contributed by atoms with Crippen LogP contribution in [0.15, 0.2) is 36.4 Å². The maximum atomic E-state index is 13.8. The molecule has 20 heavy (non-hydrogen) atoms. The highest BCUT2D eigenvalue weighted by Gasteiger charge is 2.23. The number of benzene rings is 2. The van der Waals surface area contributed by atoms with Crippen molar-refractivity contribution in [2.45, 2.75) is 18.9 Å². The molecular weight excluding hydrogens is 255 g/mol. The zero-order valence-electron chi connectivity index (χ0n) is 11.2. The van der Waals surface area contributed by atoms with Crippen LogP contribution in [0.25, 0.3) is 10.8 Å². The molecule has 0 aliphatic carbocycles. The molecule has 0 saturated carbocycles. The first-order valence-corrected chi connectivity index (χ1v) is 6.89. The molecule has 0 aromatic heterocycles. The van der Waals surface area contributed by atoms with E-state index in [1.807, 2.05) is 6.07 Å². The standard InChI is InChI=1S/C16H17FN2O/c17-15-8-7-14(12-5-1-2-6-13(12)15)16(20)19-9-3-4-11(18)10-19/h1-2,5-8,11H,3-4,9-10,18H2. The Morgan fingerprint density at radius 3 is 2.70 bits per heavy atom. The molecule has 1 aliphatic rings. The summed E-state index contributed by atoms with van der Waals surface area (Å²) < 4.78 is 13.8. The number of rotatable bonds is 1. The minimum absolute atomic E-state index is 0.0411. The van der Waals surface area contributed by atoms with Gasteiger partial charge in [-0.05, 0) is 30.4 Å². The van der Waals surface area contributed by atoms with Gasteiger partial charge in [0.2, 0.25) is 0 Å². The molecule has 1 saturated heterocycles. The molecule has 1 aliphatic heterocycles. The number of likely N-dealkylation sites (tertiary alicyclic amines) is 1. The highest BCUT2D eigenvalue weighted by atomic mass is 19.1. The summed E-state index contributed by atoms with van der Waals surface area (Å²) in [7, 11) is 0. The fraction of sp³-hybridized carbons (Fsp3) is 0.312. The lowest BCUT2D eigenvalue weighted by Gasteiger charge is -2.31. The first-order valence-electron chi connectivity index (χ1n) is 6.89. The largest absolute Gasteiger partial charge is 0.337 e. The van der Waals surface area contributed by atoms with E-state index in [-0.39, 0.29) is 17.8 Å². The van der Waals surface area contributed by atoms with Gasteiger partial charge in [0.25, 0.3) is 5.91 Å². The molecule has 4 heteroatoms. The number of hydrogen-bond acceptors (Lipinski definition) is 2. The number of nitrogens with zero attached hydrogens (tertiary/aromatic N) is 1. The van der Waals surface area contributed by atoms with Gasteiger partial charge in [0.15, 0.2) is 0 Å². The van der Waals surface area contributed by atoms with Crippen molar-refractivity contribution in [1.29, 1.82) is 0 Å². The van der Waals surface area contributed by atoms with Crippen LogP contribution in [-0.4, -0.2) is 29.9 Å². The molecule has 0 spiro atoms. The highest BCUT2D eigenvalue weighted by molar-refractivity contribution is 6.07. The summed E-state index contributed by atoms with van der Waals surface area (Å²) in [4.78, 5) is 14.4. The van der Waals surface area contributed by atoms with Crippen LogP contribution < -0.4 is 5.73 Å². The van der Waals surface area contributed by atoms with Gasteiger partial charge >= 0.3 is 0 Å². The van der Waals surface area contributed by atoms with Crippen LogP contribution in [0.3, 0.4) is 0 Å². The van der Waals surface area contributed by atoms with Gasteiger partial charge in [0.05, 0.1) is 0 Å². The third-order valence-electron chi connectivity index (χ3n) is 3.85. The Balaban J connectivity index is 2.01. The second-order valence-corrected chi connectivity index (χ2v) is 5.29. The van der Waals surface area contributed by atoms with Gasteiger partial charge in [-0.1, -0.05) is 24.3 Å². The molecule has 0 radical (unpaired) electrons. The Labute approximate surface area is 117 Å². The minimum Gasteiger partial charge on any atom is -0.337 e. The topological polar surface area (TPSA) is 46.3 Å². The summed E-state index contributed by atoms with van der Waals surface area (Å²) in [6, 6.07) is 10.1. The van der Waals surface area contributed by atoms with E-state index in [4.69, 9.17) is 5.73 Å². The Bertz CT molecular complexity index is 656. The summed E-state index contributed by atoms with van der Waals surface area (Å²) in [6.45, 7) is 1.29. The summed E-state index contributed by atoms with van der Waals surface area (Å²) in [5.74, 6) is -0.358. The fourth-order valence-corrected chi connectivity index (χ4v) is 2.81. The average molecular weight is 272 g/mol. The third-order valence-corrected chi connectivity index (χ3v) is 3.85. The van der Waals surface area contributed by atoms with Crippen molar-refractivity contribution in [3.8, 4) is 0 Å². The fourth-order valence-electron chi connectivity index (χ4n) is 2.81. The molecule has 1 amide bonds. The van der Waals surface area contributed by atoms with Gasteiger partial charge < -0.3 is 10.6 Å². The molecule has 1 fully saturated rings. The van der Waals surface area contributed by atoms with Crippen molar-refractivity contribution in [3.05, 3.63) is 47.8 Å². The molecule has 1 atom stereocenters. The third kappa shape index (κ3) is 2.27. The van der Waals surface area contributed by atoms with Crippen LogP contribution >= 0.6 is 0 Å². The van der Waals surface area contributed by atoms with Crippen molar-refractivity contribution < 1.29 is 9.18 Å². The second kappa shape index (κ2) is 5.21. The Morgan fingerprint density at radius 2 is 1.95 bits per heavy atom. The summed E-state index contributed by atoms with van der Waals surface area (Å²) in [6.07, 6.45) is 1.87. The number of carbonyl (C=O) groups excluding carboxylic acids is 1. The Kier molecular flexibility index (Phi) is 3.40. The van der Waals surface area contributed by atoms with E-state index in [0.29, 0.717) is 22.9 Å². The van der Waals surface area contributed by atoms with Crippen molar-refractivity contribution in [2.75, 3.05) is 13.1 Å². The van der Waals surface area contributed by atoms with Crippen LogP contribution in [0.5, 0.6) is 0 Å². The molecule has 3 rings (SSSR count). The normalized spacial score (nSPS) is 19.3. The van der Waals surface area contributed by atoms with Crippen molar-refractivity contribution in [2.24, 2.45) is 5.73 Å². The predicted molar refractivity (Wildman–Crippen MR) is 77.0 cm³/mol. The molecule has 1 unspecified atom stereocenters. The number of carbonyl (C=O) groups is 1.